The van der Waals surface area contributed by atoms with Crippen molar-refractivity contribution in [3.63, 3.8) is 0 Å². The number of hydrogen-bond donors (Lipinski definition) is 0. The molecule has 98 valence electrons. The minimum atomic E-state index is -2.67. The van der Waals surface area contributed by atoms with E-state index in [0.29, 0.717) is 15.5 Å². The second-order valence-corrected chi connectivity index (χ2v) is 5.32. The van der Waals surface area contributed by atoms with E-state index < -0.39 is 11.8 Å². The zero-order valence-electron chi connectivity index (χ0n) is 9.62. The molecule has 0 fully saturated rings. The Balaban J connectivity index is 2.77. The quantitative estimate of drug-likeness (QED) is 0.772. The Kier molecular flexibility index (Phi) is 3.51. The van der Waals surface area contributed by atoms with Crippen molar-refractivity contribution in [1.29, 1.82) is 0 Å². The van der Waals surface area contributed by atoms with Crippen molar-refractivity contribution in [2.75, 3.05) is 0 Å². The van der Waals surface area contributed by atoms with Gasteiger partial charge >= 0.3 is 5.69 Å². The molecule has 1 atom stereocenters. The van der Waals surface area contributed by atoms with Gasteiger partial charge in [-0.05, 0) is 17.7 Å². The van der Waals surface area contributed by atoms with Crippen molar-refractivity contribution < 1.29 is 8.78 Å². The fraction of sp³-hybridized carbons (Fsp3) is 0.364. The van der Waals surface area contributed by atoms with Gasteiger partial charge in [-0.2, -0.15) is 0 Å². The number of fused-ring (bicyclic) bond motifs is 1. The van der Waals surface area contributed by atoms with E-state index in [2.05, 4.69) is 15.9 Å². The summed E-state index contributed by atoms with van der Waals surface area (Å²) in [5.41, 5.74) is 1.31. The van der Waals surface area contributed by atoms with E-state index in [4.69, 9.17) is 11.6 Å². The minimum absolute atomic E-state index is 0.211. The molecule has 0 saturated heterocycles. The molecule has 18 heavy (non-hydrogen) atoms. The van der Waals surface area contributed by atoms with Crippen LogP contribution in [0, 0.1) is 0 Å². The maximum atomic E-state index is 12.7. The van der Waals surface area contributed by atoms with Gasteiger partial charge in [-0.15, -0.1) is 11.6 Å². The SMILES string of the molecule is Cn1c(=O)n(C)c2cc(C(Cl)C(F)F)c(Br)cc21. The Morgan fingerprint density at radius 1 is 1.22 bits per heavy atom. The molecule has 0 radical (unpaired) electrons. The number of halogens is 4. The maximum Gasteiger partial charge on any atom is 0.328 e. The summed E-state index contributed by atoms with van der Waals surface area (Å²) >= 11 is 8.88. The maximum absolute atomic E-state index is 12.7. The summed E-state index contributed by atoms with van der Waals surface area (Å²) in [5.74, 6) is 0. The third-order valence-electron chi connectivity index (χ3n) is 2.91. The Bertz CT molecular complexity index is 665. The lowest BCUT2D eigenvalue weighted by molar-refractivity contribution is 0.142. The Morgan fingerprint density at radius 3 is 2.22 bits per heavy atom. The fourth-order valence-corrected chi connectivity index (χ4v) is 2.77. The molecule has 1 unspecified atom stereocenters. The second-order valence-electron chi connectivity index (χ2n) is 4.00. The molecule has 0 saturated carbocycles. The summed E-state index contributed by atoms with van der Waals surface area (Å²) < 4.78 is 28.6. The van der Waals surface area contributed by atoms with Crippen molar-refractivity contribution in [1.82, 2.24) is 9.13 Å². The molecule has 0 N–H and O–H groups in total. The van der Waals surface area contributed by atoms with Crippen LogP contribution in [0.2, 0.25) is 0 Å². The summed E-state index contributed by atoms with van der Waals surface area (Å²) in [6.45, 7) is 0. The first kappa shape index (κ1) is 13.5. The molecule has 1 aromatic carbocycles. The van der Waals surface area contributed by atoms with Gasteiger partial charge in [-0.1, -0.05) is 15.9 Å². The zero-order valence-corrected chi connectivity index (χ0v) is 12.0. The molecule has 3 nitrogen and oxygen atoms in total. The van der Waals surface area contributed by atoms with Crippen LogP contribution in [0.1, 0.15) is 10.9 Å². The van der Waals surface area contributed by atoms with E-state index in [-0.39, 0.29) is 11.3 Å². The van der Waals surface area contributed by atoms with Gasteiger partial charge in [-0.3, -0.25) is 9.13 Å². The number of imidazole rings is 1. The number of rotatable bonds is 2. The molecule has 2 aromatic rings. The van der Waals surface area contributed by atoms with Gasteiger partial charge < -0.3 is 0 Å². The van der Waals surface area contributed by atoms with Crippen LogP contribution < -0.4 is 5.69 Å². The lowest BCUT2D eigenvalue weighted by atomic mass is 10.1. The summed E-state index contributed by atoms with van der Waals surface area (Å²) in [6.07, 6.45) is -2.67. The Morgan fingerprint density at radius 2 is 1.72 bits per heavy atom. The molecule has 1 aromatic heterocycles. The lowest BCUT2D eigenvalue weighted by Crippen LogP contribution is -2.19. The first-order valence-electron chi connectivity index (χ1n) is 5.11. The average Bonchev–Trinajstić information content (AvgIpc) is 2.53. The molecular formula is C11H10BrClF2N2O. The van der Waals surface area contributed by atoms with Gasteiger partial charge in [0.05, 0.1) is 11.0 Å². The molecule has 0 amide bonds. The second kappa shape index (κ2) is 4.66. The van der Waals surface area contributed by atoms with Crippen LogP contribution >= 0.6 is 27.5 Å². The Labute approximate surface area is 115 Å². The fourth-order valence-electron chi connectivity index (χ4n) is 1.88. The zero-order chi connectivity index (χ0) is 13.6. The monoisotopic (exact) mass is 338 g/mol. The van der Waals surface area contributed by atoms with Crippen molar-refractivity contribution in [3.05, 3.63) is 32.7 Å². The third kappa shape index (κ3) is 1.97. The van der Waals surface area contributed by atoms with E-state index >= 15 is 0 Å². The number of benzene rings is 1. The van der Waals surface area contributed by atoms with E-state index in [1.807, 2.05) is 0 Å². The first-order valence-corrected chi connectivity index (χ1v) is 6.34. The molecule has 0 bridgehead atoms. The predicted molar refractivity (Wildman–Crippen MR) is 70.5 cm³/mol. The van der Waals surface area contributed by atoms with Crippen molar-refractivity contribution in [2.24, 2.45) is 14.1 Å². The van der Waals surface area contributed by atoms with Gasteiger partial charge in [-0.25, -0.2) is 13.6 Å². The van der Waals surface area contributed by atoms with Crippen LogP contribution in [-0.4, -0.2) is 15.6 Å². The highest BCUT2D eigenvalue weighted by atomic mass is 79.9. The van der Waals surface area contributed by atoms with Crippen LogP contribution in [-0.2, 0) is 14.1 Å². The molecule has 0 aliphatic rings. The topological polar surface area (TPSA) is 26.9 Å². The highest BCUT2D eigenvalue weighted by molar-refractivity contribution is 9.10. The predicted octanol–water partition coefficient (Wildman–Crippen LogP) is 3.18. The van der Waals surface area contributed by atoms with Gasteiger partial charge in [0.25, 0.3) is 6.43 Å². The summed E-state index contributed by atoms with van der Waals surface area (Å²) in [7, 11) is 3.22. The molecular weight excluding hydrogens is 329 g/mol. The van der Waals surface area contributed by atoms with Crippen molar-refractivity contribution in [2.45, 2.75) is 11.8 Å². The van der Waals surface area contributed by atoms with Crippen LogP contribution in [0.25, 0.3) is 11.0 Å². The largest absolute Gasteiger partial charge is 0.328 e. The summed E-state index contributed by atoms with van der Waals surface area (Å²) in [4.78, 5) is 11.7. The summed E-state index contributed by atoms with van der Waals surface area (Å²) in [5, 5.41) is -1.40. The average molecular weight is 340 g/mol. The highest BCUT2D eigenvalue weighted by Crippen LogP contribution is 2.35. The van der Waals surface area contributed by atoms with E-state index in [1.54, 1.807) is 20.2 Å². The molecule has 2 rings (SSSR count). The first-order chi connectivity index (χ1) is 8.34. The number of aryl methyl sites for hydroxylation is 2. The number of nitrogens with zero attached hydrogens (tertiary/aromatic N) is 2. The minimum Gasteiger partial charge on any atom is -0.295 e. The molecule has 0 aliphatic carbocycles. The van der Waals surface area contributed by atoms with Crippen molar-refractivity contribution in [3.8, 4) is 0 Å². The number of aromatic nitrogens is 2. The third-order valence-corrected chi connectivity index (χ3v) is 4.02. The van der Waals surface area contributed by atoms with Crippen LogP contribution in [0.3, 0.4) is 0 Å². The molecule has 7 heteroatoms. The number of alkyl halides is 3. The van der Waals surface area contributed by atoms with E-state index in [0.717, 1.165) is 0 Å². The molecule has 0 spiro atoms. The van der Waals surface area contributed by atoms with E-state index in [9.17, 15) is 13.6 Å². The van der Waals surface area contributed by atoms with Crippen LogP contribution in [0.4, 0.5) is 8.78 Å². The lowest BCUT2D eigenvalue weighted by Gasteiger charge is -2.11. The Hall–Kier alpha value is -0.880. The highest BCUT2D eigenvalue weighted by Gasteiger charge is 2.23. The summed E-state index contributed by atoms with van der Waals surface area (Å²) in [6, 6.07) is 3.15. The van der Waals surface area contributed by atoms with Gasteiger partial charge in [0.1, 0.15) is 5.38 Å². The van der Waals surface area contributed by atoms with Gasteiger partial charge in [0.2, 0.25) is 0 Å². The van der Waals surface area contributed by atoms with Crippen molar-refractivity contribution >= 4 is 38.6 Å². The van der Waals surface area contributed by atoms with Crippen LogP contribution in [0.15, 0.2) is 21.4 Å². The standard InChI is InChI=1S/C11H10BrClF2N2O/c1-16-7-3-5(9(13)10(14)15)6(12)4-8(7)17(2)11(16)18/h3-4,9-10H,1-2H3. The molecule has 1 heterocycles. The van der Waals surface area contributed by atoms with Gasteiger partial charge in [0, 0.05) is 18.6 Å². The normalized spacial score (nSPS) is 13.5. The smallest absolute Gasteiger partial charge is 0.295 e. The van der Waals surface area contributed by atoms with Crippen LogP contribution in [0.5, 0.6) is 0 Å². The van der Waals surface area contributed by atoms with E-state index in [1.165, 1.54) is 15.2 Å². The molecule has 0 aliphatic heterocycles. The number of hydrogen-bond acceptors (Lipinski definition) is 1. The van der Waals surface area contributed by atoms with Gasteiger partial charge in [0.15, 0.2) is 0 Å².